The predicted octanol–water partition coefficient (Wildman–Crippen LogP) is 2.41. The Balaban J connectivity index is 1.43. The summed E-state index contributed by atoms with van der Waals surface area (Å²) in [6.45, 7) is 1.33. The normalized spacial score (nSPS) is 15.6. The van der Waals surface area contributed by atoms with E-state index in [1.165, 1.54) is 0 Å². The Kier molecular flexibility index (Phi) is 3.82. The lowest BCUT2D eigenvalue weighted by Gasteiger charge is -2.30. The first-order valence-corrected chi connectivity index (χ1v) is 7.98. The molecule has 1 fully saturated rings. The van der Waals surface area contributed by atoms with Crippen LogP contribution in [0.4, 0.5) is 0 Å². The van der Waals surface area contributed by atoms with Crippen molar-refractivity contribution in [3.8, 4) is 11.3 Å². The average molecular weight is 323 g/mol. The summed E-state index contributed by atoms with van der Waals surface area (Å²) in [6.07, 6.45) is 5.03. The number of aromatic nitrogens is 4. The number of benzene rings is 1. The molecule has 0 spiro atoms. The van der Waals surface area contributed by atoms with Crippen LogP contribution < -0.4 is 0 Å². The van der Waals surface area contributed by atoms with Gasteiger partial charge in [-0.2, -0.15) is 15.0 Å². The van der Waals surface area contributed by atoms with Crippen LogP contribution in [0.25, 0.3) is 11.3 Å². The Morgan fingerprint density at radius 1 is 1.08 bits per heavy atom. The van der Waals surface area contributed by atoms with Crippen molar-refractivity contribution in [2.24, 2.45) is 0 Å². The Bertz CT molecular complexity index is 805. The lowest BCUT2D eigenvalue weighted by atomic mass is 10.1. The first kappa shape index (κ1) is 14.6. The lowest BCUT2D eigenvalue weighted by Crippen LogP contribution is -2.39. The lowest BCUT2D eigenvalue weighted by molar-refractivity contribution is 0.0673. The maximum atomic E-state index is 12.6. The number of hydrogen-bond acceptors (Lipinski definition) is 5. The second-order valence-corrected chi connectivity index (χ2v) is 5.82. The molecular formula is C17H17N5O2. The molecule has 4 rings (SSSR count). The Morgan fingerprint density at radius 2 is 1.79 bits per heavy atom. The fourth-order valence-corrected chi connectivity index (χ4v) is 2.99. The monoisotopic (exact) mass is 323 g/mol. The van der Waals surface area contributed by atoms with Gasteiger partial charge in [-0.25, -0.2) is 0 Å². The van der Waals surface area contributed by atoms with Crippen LogP contribution in [0.3, 0.4) is 0 Å². The minimum absolute atomic E-state index is 0.0900. The summed E-state index contributed by atoms with van der Waals surface area (Å²) in [4.78, 5) is 16.1. The second kappa shape index (κ2) is 6.27. The van der Waals surface area contributed by atoms with Gasteiger partial charge < -0.3 is 9.42 Å². The zero-order valence-corrected chi connectivity index (χ0v) is 13.1. The molecule has 3 heterocycles. The van der Waals surface area contributed by atoms with Gasteiger partial charge in [0.15, 0.2) is 11.5 Å². The fraction of sp³-hybridized carbons (Fsp3) is 0.294. The minimum atomic E-state index is -0.0900. The Labute approximate surface area is 138 Å². The molecule has 0 radical (unpaired) electrons. The zero-order chi connectivity index (χ0) is 16.4. The molecule has 1 amide bonds. The number of amides is 1. The standard InChI is InChI=1S/C17H17N5O2/c23-17(15-12-16(24-20-15)13-4-2-1-3-5-13)21-10-6-14(7-11-21)22-18-8-9-19-22/h1-5,8-9,12,14H,6-7,10-11H2. The van der Waals surface area contributed by atoms with Crippen molar-refractivity contribution in [3.05, 3.63) is 54.5 Å². The number of carbonyl (C=O) groups excluding carboxylic acids is 1. The van der Waals surface area contributed by atoms with Gasteiger partial charge in [0.05, 0.1) is 18.4 Å². The van der Waals surface area contributed by atoms with E-state index in [-0.39, 0.29) is 11.9 Å². The van der Waals surface area contributed by atoms with Gasteiger partial charge in [0.2, 0.25) is 0 Å². The fourth-order valence-electron chi connectivity index (χ4n) is 2.99. The van der Waals surface area contributed by atoms with Gasteiger partial charge in [-0.15, -0.1) is 0 Å². The molecule has 0 unspecified atom stereocenters. The van der Waals surface area contributed by atoms with Gasteiger partial charge >= 0.3 is 0 Å². The maximum Gasteiger partial charge on any atom is 0.276 e. The molecule has 0 saturated carbocycles. The highest BCUT2D eigenvalue weighted by Crippen LogP contribution is 2.24. The molecule has 0 bridgehead atoms. The number of hydrogen-bond donors (Lipinski definition) is 0. The number of nitrogens with zero attached hydrogens (tertiary/aromatic N) is 5. The van der Waals surface area contributed by atoms with Gasteiger partial charge in [-0.1, -0.05) is 35.5 Å². The summed E-state index contributed by atoms with van der Waals surface area (Å²) >= 11 is 0. The van der Waals surface area contributed by atoms with Crippen molar-refractivity contribution >= 4 is 5.91 Å². The smallest absolute Gasteiger partial charge is 0.276 e. The van der Waals surface area contributed by atoms with Crippen LogP contribution in [-0.4, -0.2) is 44.0 Å². The van der Waals surface area contributed by atoms with Crippen molar-refractivity contribution in [1.82, 2.24) is 25.1 Å². The summed E-state index contributed by atoms with van der Waals surface area (Å²) in [6, 6.07) is 11.6. The summed E-state index contributed by atoms with van der Waals surface area (Å²) in [5.74, 6) is 0.516. The molecule has 24 heavy (non-hydrogen) atoms. The van der Waals surface area contributed by atoms with Gasteiger partial charge in [-0.3, -0.25) is 4.79 Å². The first-order chi connectivity index (χ1) is 11.8. The first-order valence-electron chi connectivity index (χ1n) is 7.98. The summed E-state index contributed by atoms with van der Waals surface area (Å²) in [7, 11) is 0. The number of carbonyl (C=O) groups is 1. The van der Waals surface area contributed by atoms with Crippen molar-refractivity contribution in [3.63, 3.8) is 0 Å². The third kappa shape index (κ3) is 2.80. The van der Waals surface area contributed by atoms with E-state index in [1.54, 1.807) is 23.3 Å². The molecule has 2 aromatic heterocycles. The number of piperidine rings is 1. The topological polar surface area (TPSA) is 77.0 Å². The SMILES string of the molecule is O=C(c1cc(-c2ccccc2)on1)N1CCC(n2nccn2)CC1. The van der Waals surface area contributed by atoms with E-state index in [2.05, 4.69) is 15.4 Å². The molecule has 7 nitrogen and oxygen atoms in total. The molecule has 1 aliphatic rings. The zero-order valence-electron chi connectivity index (χ0n) is 13.1. The van der Waals surface area contributed by atoms with Crippen molar-refractivity contribution < 1.29 is 9.32 Å². The molecule has 1 aliphatic heterocycles. The van der Waals surface area contributed by atoms with Crippen LogP contribution in [-0.2, 0) is 0 Å². The van der Waals surface area contributed by atoms with Gasteiger partial charge in [0.1, 0.15) is 0 Å². The predicted molar refractivity (Wildman–Crippen MR) is 86.1 cm³/mol. The van der Waals surface area contributed by atoms with Crippen LogP contribution in [0, 0.1) is 0 Å². The molecule has 3 aromatic rings. The molecule has 122 valence electrons. The minimum Gasteiger partial charge on any atom is -0.355 e. The van der Waals surface area contributed by atoms with Crippen LogP contribution in [0.15, 0.2) is 53.3 Å². The van der Waals surface area contributed by atoms with E-state index in [0.717, 1.165) is 18.4 Å². The van der Waals surface area contributed by atoms with E-state index < -0.39 is 0 Å². The van der Waals surface area contributed by atoms with Crippen molar-refractivity contribution in [2.75, 3.05) is 13.1 Å². The average Bonchev–Trinajstić information content (AvgIpc) is 3.34. The molecule has 1 saturated heterocycles. The molecule has 7 heteroatoms. The third-order valence-electron chi connectivity index (χ3n) is 4.30. The summed E-state index contributed by atoms with van der Waals surface area (Å²) < 4.78 is 5.32. The van der Waals surface area contributed by atoms with E-state index in [9.17, 15) is 4.79 Å². The van der Waals surface area contributed by atoms with Gasteiger partial charge in [-0.05, 0) is 12.8 Å². The Morgan fingerprint density at radius 3 is 2.50 bits per heavy atom. The number of likely N-dealkylation sites (tertiary alicyclic amines) is 1. The van der Waals surface area contributed by atoms with E-state index in [4.69, 9.17) is 4.52 Å². The highest BCUT2D eigenvalue weighted by atomic mass is 16.5. The van der Waals surface area contributed by atoms with Gasteiger partial charge in [0, 0.05) is 24.7 Å². The molecule has 0 aliphatic carbocycles. The molecule has 0 atom stereocenters. The van der Waals surface area contributed by atoms with E-state index in [0.29, 0.717) is 24.5 Å². The van der Waals surface area contributed by atoms with Crippen LogP contribution in [0.1, 0.15) is 29.4 Å². The molecule has 0 N–H and O–H groups in total. The highest BCUT2D eigenvalue weighted by Gasteiger charge is 2.27. The van der Waals surface area contributed by atoms with Crippen molar-refractivity contribution in [1.29, 1.82) is 0 Å². The summed E-state index contributed by atoms with van der Waals surface area (Å²) in [5.41, 5.74) is 1.26. The van der Waals surface area contributed by atoms with E-state index >= 15 is 0 Å². The maximum absolute atomic E-state index is 12.6. The van der Waals surface area contributed by atoms with Crippen LogP contribution in [0.2, 0.25) is 0 Å². The van der Waals surface area contributed by atoms with Gasteiger partial charge in [0.25, 0.3) is 5.91 Å². The second-order valence-electron chi connectivity index (χ2n) is 5.82. The molecular weight excluding hydrogens is 306 g/mol. The summed E-state index contributed by atoms with van der Waals surface area (Å²) in [5, 5.41) is 12.3. The van der Waals surface area contributed by atoms with Crippen LogP contribution >= 0.6 is 0 Å². The van der Waals surface area contributed by atoms with Crippen LogP contribution in [0.5, 0.6) is 0 Å². The number of rotatable bonds is 3. The van der Waals surface area contributed by atoms with E-state index in [1.807, 2.05) is 35.2 Å². The molecule has 1 aromatic carbocycles. The van der Waals surface area contributed by atoms with Crippen molar-refractivity contribution in [2.45, 2.75) is 18.9 Å². The largest absolute Gasteiger partial charge is 0.355 e. The third-order valence-corrected chi connectivity index (χ3v) is 4.30. The quantitative estimate of drug-likeness (QED) is 0.740. The Hall–Kier alpha value is -2.96. The highest BCUT2D eigenvalue weighted by molar-refractivity contribution is 5.93.